The quantitative estimate of drug-likeness (QED) is 0.810. The average Bonchev–Trinajstić information content (AvgIpc) is 3.21. The third kappa shape index (κ3) is 5.55. The number of carbonyl (C=O) groups excluding carboxylic acids is 2. The number of thiophene rings is 1. The highest BCUT2D eigenvalue weighted by Gasteiger charge is 2.30. The summed E-state index contributed by atoms with van der Waals surface area (Å²) in [6, 6.07) is 4.20. The minimum atomic E-state index is 0.0794. The second kappa shape index (κ2) is 9.69. The lowest BCUT2D eigenvalue weighted by molar-refractivity contribution is -0.138. The van der Waals surface area contributed by atoms with Crippen LogP contribution in [0.15, 0.2) is 17.5 Å². The van der Waals surface area contributed by atoms with E-state index in [0.717, 1.165) is 51.9 Å². The van der Waals surface area contributed by atoms with Gasteiger partial charge in [0, 0.05) is 23.9 Å². The van der Waals surface area contributed by atoms with E-state index in [4.69, 9.17) is 0 Å². The molecular formula is C21H33N3O2S. The van der Waals surface area contributed by atoms with Crippen molar-refractivity contribution in [1.29, 1.82) is 0 Å². The van der Waals surface area contributed by atoms with E-state index in [9.17, 15) is 9.59 Å². The molecule has 1 N–H and O–H groups in total. The summed E-state index contributed by atoms with van der Waals surface area (Å²) in [5.74, 6) is 0.941. The maximum Gasteiger partial charge on any atom is 0.234 e. The number of rotatable bonds is 6. The summed E-state index contributed by atoms with van der Waals surface area (Å²) in [7, 11) is 0. The Labute approximate surface area is 167 Å². The summed E-state index contributed by atoms with van der Waals surface area (Å²) in [6.45, 7) is 8.25. The van der Waals surface area contributed by atoms with Gasteiger partial charge in [-0.2, -0.15) is 0 Å². The number of amides is 2. The predicted octanol–water partition coefficient (Wildman–Crippen LogP) is 3.29. The van der Waals surface area contributed by atoms with Gasteiger partial charge < -0.3 is 10.2 Å². The SMILES string of the molecule is CC(C)[C@@H](NC(=O)CN1CCC(C(=O)N2CCCCC2)CC1)c1cccs1. The second-order valence-electron chi connectivity index (χ2n) is 8.24. The van der Waals surface area contributed by atoms with Crippen molar-refractivity contribution in [3.63, 3.8) is 0 Å². The topological polar surface area (TPSA) is 52.7 Å². The monoisotopic (exact) mass is 391 g/mol. The van der Waals surface area contributed by atoms with Crippen molar-refractivity contribution in [1.82, 2.24) is 15.1 Å². The largest absolute Gasteiger partial charge is 0.347 e. The van der Waals surface area contributed by atoms with Crippen LogP contribution in [0.25, 0.3) is 0 Å². The molecule has 2 amide bonds. The fourth-order valence-corrected chi connectivity index (χ4v) is 5.12. The molecule has 2 aliphatic heterocycles. The van der Waals surface area contributed by atoms with Crippen LogP contribution in [0.5, 0.6) is 0 Å². The molecule has 1 aromatic rings. The molecule has 6 heteroatoms. The van der Waals surface area contributed by atoms with Crippen LogP contribution in [-0.4, -0.2) is 54.3 Å². The van der Waals surface area contributed by atoms with Crippen molar-refractivity contribution in [3.8, 4) is 0 Å². The van der Waals surface area contributed by atoms with Crippen LogP contribution in [0.2, 0.25) is 0 Å². The van der Waals surface area contributed by atoms with Gasteiger partial charge in [0.15, 0.2) is 0 Å². The predicted molar refractivity (Wildman–Crippen MR) is 110 cm³/mol. The summed E-state index contributed by atoms with van der Waals surface area (Å²) in [6.07, 6.45) is 5.29. The van der Waals surface area contributed by atoms with Crippen LogP contribution in [0.4, 0.5) is 0 Å². The molecule has 0 aromatic carbocycles. The molecule has 2 aliphatic rings. The van der Waals surface area contributed by atoms with Gasteiger partial charge in [0.1, 0.15) is 0 Å². The molecule has 3 rings (SSSR count). The summed E-state index contributed by atoms with van der Waals surface area (Å²) >= 11 is 1.69. The molecule has 2 fully saturated rings. The van der Waals surface area contributed by atoms with Crippen molar-refractivity contribution in [2.24, 2.45) is 11.8 Å². The molecular weight excluding hydrogens is 358 g/mol. The van der Waals surface area contributed by atoms with E-state index >= 15 is 0 Å². The first-order valence-electron chi connectivity index (χ1n) is 10.4. The molecule has 0 aliphatic carbocycles. The van der Waals surface area contributed by atoms with E-state index in [1.165, 1.54) is 11.3 Å². The number of hydrogen-bond acceptors (Lipinski definition) is 4. The number of likely N-dealkylation sites (tertiary alicyclic amines) is 2. The van der Waals surface area contributed by atoms with Gasteiger partial charge in [-0.25, -0.2) is 0 Å². The summed E-state index contributed by atoms with van der Waals surface area (Å²) in [5.41, 5.74) is 0. The Bertz CT molecular complexity index is 603. The highest BCUT2D eigenvalue weighted by Crippen LogP contribution is 2.26. The van der Waals surface area contributed by atoms with E-state index in [1.807, 2.05) is 6.07 Å². The molecule has 5 nitrogen and oxygen atoms in total. The smallest absolute Gasteiger partial charge is 0.234 e. The lowest BCUT2D eigenvalue weighted by Gasteiger charge is -2.35. The van der Waals surface area contributed by atoms with E-state index in [1.54, 1.807) is 11.3 Å². The number of nitrogens with zero attached hydrogens (tertiary/aromatic N) is 2. The molecule has 2 saturated heterocycles. The number of carbonyl (C=O) groups is 2. The molecule has 0 spiro atoms. The Hall–Kier alpha value is -1.40. The van der Waals surface area contributed by atoms with Crippen molar-refractivity contribution in [3.05, 3.63) is 22.4 Å². The fourth-order valence-electron chi connectivity index (χ4n) is 4.17. The van der Waals surface area contributed by atoms with Crippen LogP contribution in [0.3, 0.4) is 0 Å². The van der Waals surface area contributed by atoms with Crippen molar-refractivity contribution < 1.29 is 9.59 Å². The van der Waals surface area contributed by atoms with Gasteiger partial charge in [-0.05, 0) is 62.6 Å². The zero-order valence-corrected chi connectivity index (χ0v) is 17.5. The van der Waals surface area contributed by atoms with Crippen molar-refractivity contribution in [2.45, 2.75) is 52.0 Å². The zero-order chi connectivity index (χ0) is 19.2. The van der Waals surface area contributed by atoms with Crippen molar-refractivity contribution >= 4 is 23.2 Å². The molecule has 0 radical (unpaired) electrons. The summed E-state index contributed by atoms with van der Waals surface area (Å²) in [4.78, 5) is 30.7. The van der Waals surface area contributed by atoms with Gasteiger partial charge in [0.25, 0.3) is 0 Å². The Kier molecular flexibility index (Phi) is 7.30. The molecule has 0 saturated carbocycles. The Morgan fingerprint density at radius 1 is 1.15 bits per heavy atom. The highest BCUT2D eigenvalue weighted by molar-refractivity contribution is 7.10. The molecule has 0 unspecified atom stereocenters. The normalized spacial score (nSPS) is 20.6. The third-order valence-electron chi connectivity index (χ3n) is 5.80. The Balaban J connectivity index is 1.44. The second-order valence-corrected chi connectivity index (χ2v) is 9.22. The first-order valence-corrected chi connectivity index (χ1v) is 11.3. The molecule has 1 aromatic heterocycles. The van der Waals surface area contributed by atoms with Crippen LogP contribution in [0, 0.1) is 11.8 Å². The van der Waals surface area contributed by atoms with E-state index < -0.39 is 0 Å². The average molecular weight is 392 g/mol. The Morgan fingerprint density at radius 2 is 1.85 bits per heavy atom. The zero-order valence-electron chi connectivity index (χ0n) is 16.7. The standard InChI is InChI=1S/C21H33N3O2S/c1-16(2)20(18-7-6-14-27-18)22-19(25)15-23-12-8-17(9-13-23)21(26)24-10-4-3-5-11-24/h6-7,14,16-17,20H,3-5,8-13,15H2,1-2H3,(H,22,25)/t20-/m1/s1. The van der Waals surface area contributed by atoms with E-state index in [-0.39, 0.29) is 17.9 Å². The van der Waals surface area contributed by atoms with Gasteiger partial charge in [0.2, 0.25) is 11.8 Å². The fraction of sp³-hybridized carbons (Fsp3) is 0.714. The van der Waals surface area contributed by atoms with E-state index in [2.05, 4.69) is 40.4 Å². The van der Waals surface area contributed by atoms with Crippen molar-refractivity contribution in [2.75, 3.05) is 32.7 Å². The van der Waals surface area contributed by atoms with Crippen LogP contribution < -0.4 is 5.32 Å². The summed E-state index contributed by atoms with van der Waals surface area (Å²) in [5, 5.41) is 5.26. The number of piperidine rings is 2. The van der Waals surface area contributed by atoms with Crippen LogP contribution in [0.1, 0.15) is 56.9 Å². The minimum Gasteiger partial charge on any atom is -0.347 e. The maximum atomic E-state index is 12.7. The molecule has 0 bridgehead atoms. The van der Waals surface area contributed by atoms with E-state index in [0.29, 0.717) is 18.4 Å². The highest BCUT2D eigenvalue weighted by atomic mass is 32.1. The van der Waals surface area contributed by atoms with Gasteiger partial charge in [-0.1, -0.05) is 19.9 Å². The molecule has 3 heterocycles. The maximum absolute atomic E-state index is 12.7. The number of hydrogen-bond donors (Lipinski definition) is 1. The van der Waals surface area contributed by atoms with Gasteiger partial charge in [-0.15, -0.1) is 11.3 Å². The molecule has 150 valence electrons. The van der Waals surface area contributed by atoms with Gasteiger partial charge >= 0.3 is 0 Å². The first kappa shape index (κ1) is 20.3. The van der Waals surface area contributed by atoms with Gasteiger partial charge in [0.05, 0.1) is 12.6 Å². The van der Waals surface area contributed by atoms with Gasteiger partial charge in [-0.3, -0.25) is 14.5 Å². The number of nitrogens with one attached hydrogen (secondary N) is 1. The lowest BCUT2D eigenvalue weighted by atomic mass is 9.94. The Morgan fingerprint density at radius 3 is 2.44 bits per heavy atom. The first-order chi connectivity index (χ1) is 13.0. The van der Waals surface area contributed by atoms with Crippen LogP contribution >= 0.6 is 11.3 Å². The third-order valence-corrected chi connectivity index (χ3v) is 6.76. The molecule has 27 heavy (non-hydrogen) atoms. The minimum absolute atomic E-state index is 0.0794. The molecule has 1 atom stereocenters. The van der Waals surface area contributed by atoms with Crippen LogP contribution in [-0.2, 0) is 9.59 Å². The lowest BCUT2D eigenvalue weighted by Crippen LogP contribution is -2.47. The summed E-state index contributed by atoms with van der Waals surface area (Å²) < 4.78 is 0.